The van der Waals surface area contributed by atoms with Crippen molar-refractivity contribution in [3.05, 3.63) is 65.5 Å². The second-order valence-electron chi connectivity index (χ2n) is 4.88. The lowest BCUT2D eigenvalue weighted by molar-refractivity contribution is 0.0696. The molecule has 0 amide bonds. The summed E-state index contributed by atoms with van der Waals surface area (Å²) >= 11 is 1.09. The van der Waals surface area contributed by atoms with Crippen molar-refractivity contribution in [2.24, 2.45) is 0 Å². The summed E-state index contributed by atoms with van der Waals surface area (Å²) in [6.07, 6.45) is 0. The number of hydrogen-bond donors (Lipinski definition) is 2. The van der Waals surface area contributed by atoms with Crippen LogP contribution in [0.1, 0.15) is 22.8 Å². The maximum atomic E-state index is 13.7. The highest BCUT2D eigenvalue weighted by atomic mass is 32.2. The van der Waals surface area contributed by atoms with Gasteiger partial charge in [0.25, 0.3) is 0 Å². The molecule has 21 heavy (non-hydrogen) atoms. The second kappa shape index (κ2) is 6.28. The van der Waals surface area contributed by atoms with Gasteiger partial charge in [-0.25, -0.2) is 9.18 Å². The number of rotatable bonds is 5. The molecule has 0 aromatic heterocycles. The van der Waals surface area contributed by atoms with Crippen LogP contribution in [0, 0.1) is 5.82 Å². The van der Waals surface area contributed by atoms with Crippen molar-refractivity contribution >= 4 is 17.7 Å². The summed E-state index contributed by atoms with van der Waals surface area (Å²) in [4.78, 5) is 11.1. The zero-order valence-electron chi connectivity index (χ0n) is 11.4. The van der Waals surface area contributed by atoms with Gasteiger partial charge >= 0.3 is 5.97 Å². The van der Waals surface area contributed by atoms with E-state index in [2.05, 4.69) is 0 Å². The molecule has 1 atom stereocenters. The topological polar surface area (TPSA) is 57.5 Å². The van der Waals surface area contributed by atoms with Gasteiger partial charge < -0.3 is 10.2 Å². The van der Waals surface area contributed by atoms with Gasteiger partial charge in [0.05, 0.1) is 11.2 Å². The smallest absolute Gasteiger partial charge is 0.335 e. The van der Waals surface area contributed by atoms with Crippen LogP contribution in [0.5, 0.6) is 0 Å². The van der Waals surface area contributed by atoms with Crippen LogP contribution in [0.4, 0.5) is 4.39 Å². The lowest BCUT2D eigenvalue weighted by atomic mass is 9.99. The van der Waals surface area contributed by atoms with Gasteiger partial charge in [0.15, 0.2) is 0 Å². The molecule has 0 radical (unpaired) electrons. The molecule has 0 bridgehead atoms. The molecule has 0 spiro atoms. The maximum Gasteiger partial charge on any atom is 0.335 e. The number of aromatic carboxylic acids is 1. The number of aliphatic hydroxyl groups is 1. The van der Waals surface area contributed by atoms with Crippen LogP contribution in [0.15, 0.2) is 53.4 Å². The first-order valence-corrected chi connectivity index (χ1v) is 7.32. The third-order valence-corrected chi connectivity index (χ3v) is 4.41. The van der Waals surface area contributed by atoms with E-state index in [1.54, 1.807) is 19.1 Å². The average Bonchev–Trinajstić information content (AvgIpc) is 2.47. The van der Waals surface area contributed by atoms with Crippen LogP contribution in [0.25, 0.3) is 0 Å². The van der Waals surface area contributed by atoms with E-state index in [1.807, 2.05) is 18.2 Å². The van der Waals surface area contributed by atoms with E-state index in [-0.39, 0.29) is 16.2 Å². The number of benzene rings is 2. The van der Waals surface area contributed by atoms with Crippen molar-refractivity contribution < 1.29 is 19.4 Å². The number of hydrogen-bond acceptors (Lipinski definition) is 3. The zero-order valence-corrected chi connectivity index (χ0v) is 12.2. The molecule has 5 heteroatoms. The number of halogens is 1. The second-order valence-corrected chi connectivity index (χ2v) is 5.90. The Hall–Kier alpha value is -1.85. The Labute approximate surface area is 126 Å². The largest absolute Gasteiger partial charge is 0.478 e. The van der Waals surface area contributed by atoms with Gasteiger partial charge in [0, 0.05) is 10.6 Å². The third kappa shape index (κ3) is 3.83. The van der Waals surface area contributed by atoms with Crippen molar-refractivity contribution in [1.82, 2.24) is 0 Å². The van der Waals surface area contributed by atoms with Gasteiger partial charge in [-0.2, -0.15) is 0 Å². The van der Waals surface area contributed by atoms with Crippen molar-refractivity contribution in [2.45, 2.75) is 17.4 Å². The molecule has 0 fully saturated rings. The number of carboxylic acids is 1. The summed E-state index contributed by atoms with van der Waals surface area (Å²) in [6.45, 7) is 1.65. The SMILES string of the molecule is CC(O)(CSc1cc(C(=O)O)ccc1F)c1ccccc1. The standard InChI is InChI=1S/C16H15FO3S/c1-16(20,12-5-3-2-4-6-12)10-21-14-9-11(15(18)19)7-8-13(14)17/h2-9,20H,10H2,1H3,(H,18,19). The minimum atomic E-state index is -1.13. The predicted molar refractivity (Wildman–Crippen MR) is 80.1 cm³/mol. The van der Waals surface area contributed by atoms with Gasteiger partial charge in [-0.3, -0.25) is 0 Å². The highest BCUT2D eigenvalue weighted by Gasteiger charge is 2.23. The zero-order chi connectivity index (χ0) is 15.5. The van der Waals surface area contributed by atoms with Crippen molar-refractivity contribution in [3.63, 3.8) is 0 Å². The fraction of sp³-hybridized carbons (Fsp3) is 0.188. The van der Waals surface area contributed by atoms with E-state index >= 15 is 0 Å². The Morgan fingerprint density at radius 3 is 2.52 bits per heavy atom. The third-order valence-electron chi connectivity index (χ3n) is 3.08. The first-order chi connectivity index (χ1) is 9.90. The molecule has 2 aromatic carbocycles. The van der Waals surface area contributed by atoms with Crippen LogP contribution in [0.2, 0.25) is 0 Å². The van der Waals surface area contributed by atoms with E-state index in [4.69, 9.17) is 5.11 Å². The number of carboxylic acid groups (broad SMARTS) is 1. The van der Waals surface area contributed by atoms with Gasteiger partial charge in [-0.1, -0.05) is 30.3 Å². The summed E-state index contributed by atoms with van der Waals surface area (Å²) in [6, 6.07) is 12.7. The molecule has 110 valence electrons. The molecular weight excluding hydrogens is 291 g/mol. The maximum absolute atomic E-state index is 13.7. The number of thioether (sulfide) groups is 1. The van der Waals surface area contributed by atoms with Crippen molar-refractivity contribution in [1.29, 1.82) is 0 Å². The fourth-order valence-electron chi connectivity index (χ4n) is 1.85. The molecule has 3 nitrogen and oxygen atoms in total. The van der Waals surface area contributed by atoms with Crippen LogP contribution in [0.3, 0.4) is 0 Å². The van der Waals surface area contributed by atoms with Crippen LogP contribution in [-0.4, -0.2) is 21.9 Å². The molecule has 0 heterocycles. The Kier molecular flexibility index (Phi) is 4.65. The molecule has 2 aromatic rings. The van der Waals surface area contributed by atoms with E-state index in [1.165, 1.54) is 12.1 Å². The van der Waals surface area contributed by atoms with Gasteiger partial charge in [0.2, 0.25) is 0 Å². The van der Waals surface area contributed by atoms with E-state index in [0.29, 0.717) is 0 Å². The predicted octanol–water partition coefficient (Wildman–Crippen LogP) is 3.52. The highest BCUT2D eigenvalue weighted by molar-refractivity contribution is 7.99. The van der Waals surface area contributed by atoms with Crippen LogP contribution in [-0.2, 0) is 5.60 Å². The lowest BCUT2D eigenvalue weighted by Crippen LogP contribution is -2.24. The minimum Gasteiger partial charge on any atom is -0.478 e. The average molecular weight is 306 g/mol. The van der Waals surface area contributed by atoms with Crippen molar-refractivity contribution in [3.8, 4) is 0 Å². The van der Waals surface area contributed by atoms with Gasteiger partial charge in [-0.15, -0.1) is 11.8 Å². The molecule has 0 aliphatic carbocycles. The summed E-state index contributed by atoms with van der Waals surface area (Å²) in [5.74, 6) is -1.38. The Balaban J connectivity index is 2.16. The summed E-state index contributed by atoms with van der Waals surface area (Å²) < 4.78 is 13.7. The molecule has 2 rings (SSSR count). The lowest BCUT2D eigenvalue weighted by Gasteiger charge is -2.23. The Bertz CT molecular complexity index is 641. The first kappa shape index (κ1) is 15.5. The van der Waals surface area contributed by atoms with Gasteiger partial charge in [0.1, 0.15) is 5.82 Å². The summed E-state index contributed by atoms with van der Waals surface area (Å²) in [5.41, 5.74) is -0.372. The monoisotopic (exact) mass is 306 g/mol. The van der Waals surface area contributed by atoms with Crippen LogP contribution >= 0.6 is 11.8 Å². The minimum absolute atomic E-state index is 0.0262. The summed E-state index contributed by atoms with van der Waals surface area (Å²) in [7, 11) is 0. The Morgan fingerprint density at radius 2 is 1.90 bits per heavy atom. The molecular formula is C16H15FO3S. The van der Waals surface area contributed by atoms with Crippen molar-refractivity contribution in [2.75, 3.05) is 5.75 Å². The normalized spacial score (nSPS) is 13.7. The van der Waals surface area contributed by atoms with Gasteiger partial charge in [-0.05, 0) is 30.7 Å². The van der Waals surface area contributed by atoms with E-state index in [0.717, 1.165) is 23.4 Å². The highest BCUT2D eigenvalue weighted by Crippen LogP contribution is 2.31. The van der Waals surface area contributed by atoms with Crippen LogP contribution < -0.4 is 0 Å². The van der Waals surface area contributed by atoms with E-state index < -0.39 is 17.4 Å². The van der Waals surface area contributed by atoms with E-state index in [9.17, 15) is 14.3 Å². The molecule has 0 saturated carbocycles. The number of carbonyl (C=O) groups is 1. The molecule has 0 aliphatic heterocycles. The Morgan fingerprint density at radius 1 is 1.24 bits per heavy atom. The quantitative estimate of drug-likeness (QED) is 0.830. The summed E-state index contributed by atoms with van der Waals surface area (Å²) in [5, 5.41) is 19.4. The fourth-order valence-corrected chi connectivity index (χ4v) is 2.87. The first-order valence-electron chi connectivity index (χ1n) is 6.34. The molecule has 0 saturated heterocycles. The molecule has 0 aliphatic rings. The molecule has 2 N–H and O–H groups in total. The molecule has 1 unspecified atom stereocenters.